The number of hydrogen-bond acceptors (Lipinski definition) is 3. The molecule has 2 N–H and O–H groups in total. The Morgan fingerprint density at radius 3 is 2.60 bits per heavy atom. The average molecular weight is 216 g/mol. The zero-order valence-electron chi connectivity index (χ0n) is 10.3. The topological polar surface area (TPSA) is 55.6 Å². The Morgan fingerprint density at radius 2 is 2.13 bits per heavy atom. The highest BCUT2D eigenvalue weighted by Gasteiger charge is 2.17. The van der Waals surface area contributed by atoms with Crippen molar-refractivity contribution in [2.75, 3.05) is 20.8 Å². The van der Waals surface area contributed by atoms with E-state index in [4.69, 9.17) is 10.5 Å². The van der Waals surface area contributed by atoms with Gasteiger partial charge in [-0.25, -0.2) is 0 Å². The number of nitrogens with zero attached hydrogens (tertiary/aromatic N) is 1. The first kappa shape index (κ1) is 14.4. The predicted octanol–water partition coefficient (Wildman–Crippen LogP) is 0.997. The zero-order chi connectivity index (χ0) is 11.8. The normalized spacial score (nSPS) is 14.7. The second-order valence-electron chi connectivity index (χ2n) is 4.06. The molecule has 0 aliphatic heterocycles. The van der Waals surface area contributed by atoms with Gasteiger partial charge in [-0.05, 0) is 13.3 Å². The van der Waals surface area contributed by atoms with Gasteiger partial charge in [0, 0.05) is 26.6 Å². The minimum absolute atomic E-state index is 0.0142. The lowest BCUT2D eigenvalue weighted by atomic mass is 10.1. The third-order valence-corrected chi connectivity index (χ3v) is 2.56. The highest BCUT2D eigenvalue weighted by atomic mass is 16.5. The second kappa shape index (κ2) is 7.65. The summed E-state index contributed by atoms with van der Waals surface area (Å²) < 4.78 is 5.00. The molecule has 0 aliphatic carbocycles. The molecule has 15 heavy (non-hydrogen) atoms. The Bertz CT molecular complexity index is 185. The van der Waals surface area contributed by atoms with Crippen LogP contribution in [-0.2, 0) is 9.53 Å². The van der Waals surface area contributed by atoms with Crippen molar-refractivity contribution < 1.29 is 9.53 Å². The van der Waals surface area contributed by atoms with Crippen LogP contribution in [0, 0.1) is 0 Å². The molecule has 0 spiro atoms. The minimum Gasteiger partial charge on any atom is -0.383 e. The molecule has 0 aromatic heterocycles. The van der Waals surface area contributed by atoms with Crippen molar-refractivity contribution in [3.8, 4) is 0 Å². The summed E-state index contributed by atoms with van der Waals surface area (Å²) >= 11 is 0. The quantitative estimate of drug-likeness (QED) is 0.690. The van der Waals surface area contributed by atoms with Crippen LogP contribution in [0.4, 0.5) is 0 Å². The average Bonchev–Trinajstić information content (AvgIpc) is 2.17. The Balaban J connectivity index is 3.97. The first-order valence-corrected chi connectivity index (χ1v) is 5.53. The molecule has 0 radical (unpaired) electrons. The minimum atomic E-state index is -0.0142. The molecule has 4 nitrogen and oxygen atoms in total. The van der Waals surface area contributed by atoms with Crippen LogP contribution in [0.15, 0.2) is 0 Å². The highest BCUT2D eigenvalue weighted by Crippen LogP contribution is 2.04. The van der Waals surface area contributed by atoms with Crippen molar-refractivity contribution in [1.29, 1.82) is 0 Å². The van der Waals surface area contributed by atoms with E-state index in [0.29, 0.717) is 13.0 Å². The van der Waals surface area contributed by atoms with Crippen LogP contribution in [0.25, 0.3) is 0 Å². The summed E-state index contributed by atoms with van der Waals surface area (Å²) in [6.45, 7) is 4.60. The van der Waals surface area contributed by atoms with Crippen LogP contribution in [0.1, 0.15) is 33.1 Å². The van der Waals surface area contributed by atoms with Gasteiger partial charge in [-0.1, -0.05) is 13.3 Å². The van der Waals surface area contributed by atoms with Crippen molar-refractivity contribution in [3.05, 3.63) is 0 Å². The number of amides is 1. The lowest BCUT2D eigenvalue weighted by molar-refractivity contribution is -0.133. The number of carbonyl (C=O) groups excluding carboxylic acids is 1. The number of nitrogens with two attached hydrogens (primary N) is 1. The predicted molar refractivity (Wildman–Crippen MR) is 61.6 cm³/mol. The molecular weight excluding hydrogens is 192 g/mol. The third kappa shape index (κ3) is 5.74. The summed E-state index contributed by atoms with van der Waals surface area (Å²) in [5.74, 6) is 0.0977. The maximum Gasteiger partial charge on any atom is 0.224 e. The van der Waals surface area contributed by atoms with E-state index in [2.05, 4.69) is 6.92 Å². The Hall–Kier alpha value is -0.610. The molecule has 0 rings (SSSR count). The standard InChI is InChI=1S/C11H24N2O2/c1-5-6-10(12)7-11(14)13(3)9(2)8-15-4/h9-10H,5-8,12H2,1-4H3. The Kier molecular flexibility index (Phi) is 7.34. The van der Waals surface area contributed by atoms with E-state index in [1.165, 1.54) is 0 Å². The molecule has 0 heterocycles. The summed E-state index contributed by atoms with van der Waals surface area (Å²) in [6.07, 6.45) is 2.35. The molecule has 2 atom stereocenters. The molecule has 1 amide bonds. The number of likely N-dealkylation sites (N-methyl/N-ethyl adjacent to an activating group) is 1. The van der Waals surface area contributed by atoms with E-state index in [1.54, 1.807) is 19.1 Å². The number of hydrogen-bond donors (Lipinski definition) is 1. The van der Waals surface area contributed by atoms with Gasteiger partial charge in [-0.15, -0.1) is 0 Å². The van der Waals surface area contributed by atoms with E-state index in [-0.39, 0.29) is 18.0 Å². The van der Waals surface area contributed by atoms with Crippen molar-refractivity contribution in [3.63, 3.8) is 0 Å². The number of methoxy groups -OCH3 is 1. The molecule has 0 aromatic rings. The van der Waals surface area contributed by atoms with Crippen LogP contribution in [0.5, 0.6) is 0 Å². The smallest absolute Gasteiger partial charge is 0.224 e. The molecule has 0 saturated carbocycles. The molecule has 4 heteroatoms. The van der Waals surface area contributed by atoms with Crippen molar-refractivity contribution in [2.45, 2.75) is 45.2 Å². The molecule has 0 fully saturated rings. The van der Waals surface area contributed by atoms with Crippen LogP contribution < -0.4 is 5.73 Å². The molecule has 2 unspecified atom stereocenters. The monoisotopic (exact) mass is 216 g/mol. The summed E-state index contributed by atoms with van der Waals surface area (Å²) in [5, 5.41) is 0. The largest absolute Gasteiger partial charge is 0.383 e. The maximum atomic E-state index is 11.7. The number of ether oxygens (including phenoxy) is 1. The Morgan fingerprint density at radius 1 is 1.53 bits per heavy atom. The lowest BCUT2D eigenvalue weighted by Gasteiger charge is -2.25. The molecule has 0 aliphatic rings. The third-order valence-electron chi connectivity index (χ3n) is 2.56. The highest BCUT2D eigenvalue weighted by molar-refractivity contribution is 5.76. The molecule has 90 valence electrons. The van der Waals surface area contributed by atoms with Gasteiger partial charge < -0.3 is 15.4 Å². The van der Waals surface area contributed by atoms with Gasteiger partial charge in [-0.2, -0.15) is 0 Å². The van der Waals surface area contributed by atoms with Crippen molar-refractivity contribution >= 4 is 5.91 Å². The van der Waals surface area contributed by atoms with Gasteiger partial charge in [-0.3, -0.25) is 4.79 Å². The van der Waals surface area contributed by atoms with E-state index in [0.717, 1.165) is 12.8 Å². The SMILES string of the molecule is CCCC(N)CC(=O)N(C)C(C)COC. The summed E-state index contributed by atoms with van der Waals surface area (Å²) in [5.41, 5.74) is 5.82. The molecule has 0 aromatic carbocycles. The van der Waals surface area contributed by atoms with E-state index in [1.807, 2.05) is 6.92 Å². The van der Waals surface area contributed by atoms with Crippen LogP contribution in [0.2, 0.25) is 0 Å². The Labute approximate surface area is 92.8 Å². The van der Waals surface area contributed by atoms with E-state index < -0.39 is 0 Å². The fraction of sp³-hybridized carbons (Fsp3) is 0.909. The van der Waals surface area contributed by atoms with Crippen LogP contribution in [-0.4, -0.2) is 43.7 Å². The van der Waals surface area contributed by atoms with Crippen LogP contribution >= 0.6 is 0 Å². The summed E-state index contributed by atoms with van der Waals surface area (Å²) in [4.78, 5) is 13.4. The summed E-state index contributed by atoms with van der Waals surface area (Å²) in [7, 11) is 3.43. The van der Waals surface area contributed by atoms with Gasteiger partial charge in [0.1, 0.15) is 0 Å². The molecule has 0 bridgehead atoms. The maximum absolute atomic E-state index is 11.7. The van der Waals surface area contributed by atoms with Crippen molar-refractivity contribution in [1.82, 2.24) is 4.90 Å². The first-order valence-electron chi connectivity index (χ1n) is 5.53. The van der Waals surface area contributed by atoms with E-state index in [9.17, 15) is 4.79 Å². The zero-order valence-corrected chi connectivity index (χ0v) is 10.3. The number of carbonyl (C=O) groups is 1. The fourth-order valence-electron chi connectivity index (χ4n) is 1.44. The lowest BCUT2D eigenvalue weighted by Crippen LogP contribution is -2.40. The number of rotatable bonds is 7. The molecule has 0 saturated heterocycles. The van der Waals surface area contributed by atoms with Gasteiger partial charge >= 0.3 is 0 Å². The second-order valence-corrected chi connectivity index (χ2v) is 4.06. The van der Waals surface area contributed by atoms with Crippen LogP contribution in [0.3, 0.4) is 0 Å². The molecular formula is C11H24N2O2. The summed E-state index contributed by atoms with van der Waals surface area (Å²) in [6, 6.07) is 0.0935. The van der Waals surface area contributed by atoms with Gasteiger partial charge in [0.25, 0.3) is 0 Å². The van der Waals surface area contributed by atoms with E-state index >= 15 is 0 Å². The van der Waals surface area contributed by atoms with Gasteiger partial charge in [0.05, 0.1) is 12.6 Å². The first-order chi connectivity index (χ1) is 7.02. The van der Waals surface area contributed by atoms with Gasteiger partial charge in [0.2, 0.25) is 5.91 Å². The van der Waals surface area contributed by atoms with Gasteiger partial charge in [0.15, 0.2) is 0 Å². The fourth-order valence-corrected chi connectivity index (χ4v) is 1.44. The van der Waals surface area contributed by atoms with Crippen molar-refractivity contribution in [2.24, 2.45) is 5.73 Å².